The molecule has 7 nitrogen and oxygen atoms in total. The van der Waals surface area contributed by atoms with Crippen LogP contribution in [-0.4, -0.2) is 16.0 Å². The van der Waals surface area contributed by atoms with Crippen molar-refractivity contribution in [1.29, 1.82) is 0 Å². The van der Waals surface area contributed by atoms with Gasteiger partial charge < -0.3 is 14.3 Å². The Morgan fingerprint density at radius 3 is 2.62 bits per heavy atom. The largest absolute Gasteiger partial charge is 0.485 e. The lowest BCUT2D eigenvalue weighted by Crippen LogP contribution is -1.99. The summed E-state index contributed by atoms with van der Waals surface area (Å²) in [6.45, 7) is 3.37. The van der Waals surface area contributed by atoms with Crippen LogP contribution in [0.4, 0.5) is 5.69 Å². The number of hydrogen-bond donors (Lipinski definition) is 1. The van der Waals surface area contributed by atoms with Crippen molar-refractivity contribution < 1.29 is 24.0 Å². The molecule has 0 fully saturated rings. The second-order valence-corrected chi connectivity index (χ2v) is 4.56. The van der Waals surface area contributed by atoms with E-state index in [0.717, 1.165) is 6.26 Å². The summed E-state index contributed by atoms with van der Waals surface area (Å²) in [5, 5.41) is 19.6. The molecule has 0 aliphatic heterocycles. The Bertz CT molecular complexity index is 703. The zero-order valence-corrected chi connectivity index (χ0v) is 11.5. The van der Waals surface area contributed by atoms with E-state index in [9.17, 15) is 14.9 Å². The molecule has 110 valence electrons. The number of hydrogen-bond acceptors (Lipinski definition) is 5. The van der Waals surface area contributed by atoms with E-state index in [1.807, 2.05) is 0 Å². The minimum atomic E-state index is -1.08. The summed E-state index contributed by atoms with van der Waals surface area (Å²) in [6, 6.07) is 4.39. The van der Waals surface area contributed by atoms with Gasteiger partial charge in [-0.1, -0.05) is 0 Å². The third-order valence-electron chi connectivity index (χ3n) is 2.96. The number of ether oxygens (including phenoxy) is 1. The zero-order valence-electron chi connectivity index (χ0n) is 11.5. The van der Waals surface area contributed by atoms with Crippen molar-refractivity contribution in [2.75, 3.05) is 0 Å². The first-order valence-corrected chi connectivity index (χ1v) is 6.07. The summed E-state index contributed by atoms with van der Waals surface area (Å²) in [5.41, 5.74) is 1.19. The summed E-state index contributed by atoms with van der Waals surface area (Å²) in [5.74, 6) is -0.221. The standard InChI is InChI=1S/C14H13NO6/c1-8-4-13(9(2)3-12(8)15(18)19)21-7-11-5-10(6-20-11)14(16)17/h3-6H,7H2,1-2H3,(H,16,17). The molecule has 2 aromatic rings. The molecule has 1 N–H and O–H groups in total. The number of carbonyl (C=O) groups is 1. The molecule has 0 amide bonds. The molecule has 0 saturated carbocycles. The van der Waals surface area contributed by atoms with E-state index in [1.165, 1.54) is 12.1 Å². The number of aromatic carboxylic acids is 1. The first-order valence-electron chi connectivity index (χ1n) is 6.07. The molecular formula is C14H13NO6. The molecule has 0 saturated heterocycles. The highest BCUT2D eigenvalue weighted by Crippen LogP contribution is 2.28. The summed E-state index contributed by atoms with van der Waals surface area (Å²) in [4.78, 5) is 21.1. The van der Waals surface area contributed by atoms with Crippen LogP contribution in [0, 0.1) is 24.0 Å². The smallest absolute Gasteiger partial charge is 0.338 e. The molecule has 0 atom stereocenters. The van der Waals surface area contributed by atoms with Crippen LogP contribution in [0.3, 0.4) is 0 Å². The fourth-order valence-corrected chi connectivity index (χ4v) is 1.84. The fraction of sp³-hybridized carbons (Fsp3) is 0.214. The summed E-state index contributed by atoms with van der Waals surface area (Å²) >= 11 is 0. The maximum Gasteiger partial charge on any atom is 0.338 e. The van der Waals surface area contributed by atoms with Gasteiger partial charge in [-0.2, -0.15) is 0 Å². The fourth-order valence-electron chi connectivity index (χ4n) is 1.84. The van der Waals surface area contributed by atoms with Gasteiger partial charge in [-0.3, -0.25) is 10.1 Å². The van der Waals surface area contributed by atoms with Crippen LogP contribution in [0.1, 0.15) is 27.2 Å². The maximum atomic E-state index is 10.8. The maximum absolute atomic E-state index is 10.8. The molecule has 2 rings (SSSR count). The van der Waals surface area contributed by atoms with Crippen molar-refractivity contribution in [3.63, 3.8) is 0 Å². The summed E-state index contributed by atoms with van der Waals surface area (Å²) in [7, 11) is 0. The van der Waals surface area contributed by atoms with E-state index in [4.69, 9.17) is 14.3 Å². The van der Waals surface area contributed by atoms with Crippen LogP contribution in [-0.2, 0) is 6.61 Å². The van der Waals surface area contributed by atoms with Crippen molar-refractivity contribution in [2.45, 2.75) is 20.5 Å². The third kappa shape index (κ3) is 3.19. The first kappa shape index (κ1) is 14.6. The molecule has 21 heavy (non-hydrogen) atoms. The van der Waals surface area contributed by atoms with E-state index in [1.54, 1.807) is 19.9 Å². The number of benzene rings is 1. The van der Waals surface area contributed by atoms with E-state index >= 15 is 0 Å². The number of rotatable bonds is 5. The van der Waals surface area contributed by atoms with Crippen LogP contribution in [0.5, 0.6) is 5.75 Å². The van der Waals surface area contributed by atoms with Crippen LogP contribution in [0.2, 0.25) is 0 Å². The number of carboxylic acids is 1. The zero-order chi connectivity index (χ0) is 15.6. The van der Waals surface area contributed by atoms with Gasteiger partial charge in [0.05, 0.1) is 10.5 Å². The number of furan rings is 1. The first-order chi connectivity index (χ1) is 9.88. The normalized spacial score (nSPS) is 10.4. The molecule has 0 unspecified atom stereocenters. The summed E-state index contributed by atoms with van der Waals surface area (Å²) < 4.78 is 10.6. The molecule has 1 heterocycles. The Labute approximate surface area is 119 Å². The van der Waals surface area contributed by atoms with Gasteiger partial charge in [0.2, 0.25) is 0 Å². The molecule has 0 spiro atoms. The van der Waals surface area contributed by atoms with Crippen molar-refractivity contribution in [2.24, 2.45) is 0 Å². The van der Waals surface area contributed by atoms with Gasteiger partial charge in [0.25, 0.3) is 5.69 Å². The van der Waals surface area contributed by atoms with Gasteiger partial charge in [-0.25, -0.2) is 4.79 Å². The average Bonchev–Trinajstić information content (AvgIpc) is 2.88. The van der Waals surface area contributed by atoms with Gasteiger partial charge in [-0.05, 0) is 31.5 Å². The lowest BCUT2D eigenvalue weighted by atomic mass is 10.1. The van der Waals surface area contributed by atoms with Crippen molar-refractivity contribution in [3.8, 4) is 5.75 Å². The van der Waals surface area contributed by atoms with Gasteiger partial charge in [0, 0.05) is 11.6 Å². The molecule has 0 radical (unpaired) electrons. The number of nitrogens with zero attached hydrogens (tertiary/aromatic N) is 1. The molecule has 1 aromatic heterocycles. The average molecular weight is 291 g/mol. The monoisotopic (exact) mass is 291 g/mol. The highest BCUT2D eigenvalue weighted by Gasteiger charge is 2.15. The third-order valence-corrected chi connectivity index (χ3v) is 2.96. The molecule has 0 bridgehead atoms. The van der Waals surface area contributed by atoms with Crippen molar-refractivity contribution in [3.05, 3.63) is 57.0 Å². The Balaban J connectivity index is 2.14. The predicted molar refractivity (Wildman–Crippen MR) is 72.6 cm³/mol. The number of aryl methyl sites for hydroxylation is 2. The second kappa shape index (κ2) is 5.66. The highest BCUT2D eigenvalue weighted by atomic mass is 16.6. The Morgan fingerprint density at radius 2 is 2.05 bits per heavy atom. The van der Waals surface area contributed by atoms with Gasteiger partial charge >= 0.3 is 5.97 Å². The molecule has 0 aliphatic carbocycles. The van der Waals surface area contributed by atoms with Gasteiger partial charge in [-0.15, -0.1) is 0 Å². The van der Waals surface area contributed by atoms with Crippen molar-refractivity contribution in [1.82, 2.24) is 0 Å². The van der Waals surface area contributed by atoms with Crippen molar-refractivity contribution >= 4 is 11.7 Å². The lowest BCUT2D eigenvalue weighted by molar-refractivity contribution is -0.385. The number of nitro groups is 1. The van der Waals surface area contributed by atoms with Gasteiger partial charge in [0.15, 0.2) is 0 Å². The van der Waals surface area contributed by atoms with Crippen LogP contribution in [0.25, 0.3) is 0 Å². The molecule has 0 aliphatic rings. The SMILES string of the molecule is Cc1cc([N+](=O)[O-])c(C)cc1OCc1cc(C(=O)O)co1. The Hall–Kier alpha value is -2.83. The minimum absolute atomic E-state index is 0.0333. The predicted octanol–water partition coefficient (Wildman–Crippen LogP) is 3.08. The number of nitro benzene ring substituents is 1. The van der Waals surface area contributed by atoms with Crippen LogP contribution in [0.15, 0.2) is 28.9 Å². The van der Waals surface area contributed by atoms with E-state index < -0.39 is 10.9 Å². The summed E-state index contributed by atoms with van der Waals surface area (Å²) in [6.07, 6.45) is 1.13. The quantitative estimate of drug-likeness (QED) is 0.670. The van der Waals surface area contributed by atoms with E-state index in [2.05, 4.69) is 0 Å². The molecule has 1 aromatic carbocycles. The van der Waals surface area contributed by atoms with E-state index in [-0.39, 0.29) is 17.9 Å². The topological polar surface area (TPSA) is 103 Å². The van der Waals surface area contributed by atoms with E-state index in [0.29, 0.717) is 22.6 Å². The molecular weight excluding hydrogens is 278 g/mol. The highest BCUT2D eigenvalue weighted by molar-refractivity contribution is 5.87. The van der Waals surface area contributed by atoms with Crippen LogP contribution < -0.4 is 4.74 Å². The van der Waals surface area contributed by atoms with Crippen LogP contribution >= 0.6 is 0 Å². The minimum Gasteiger partial charge on any atom is -0.485 e. The Kier molecular flexibility index (Phi) is 3.93. The molecule has 7 heteroatoms. The van der Waals surface area contributed by atoms with Gasteiger partial charge in [0.1, 0.15) is 24.4 Å². The lowest BCUT2D eigenvalue weighted by Gasteiger charge is -2.09. The number of carboxylic acid groups (broad SMARTS) is 1. The second-order valence-electron chi connectivity index (χ2n) is 4.56. The Morgan fingerprint density at radius 1 is 1.33 bits per heavy atom.